The van der Waals surface area contributed by atoms with Crippen molar-refractivity contribution >= 4 is 35.2 Å². The number of anilines is 2. The SMILES string of the molecule is CC(C)n1cc(-c2cnc(N(C(=O)OCC(O)(O)O)[C@H]3CC[C@H](Nc4ncc5c(n4)C(=N)/C(Cl)=C\NOC5(O)O)CC3)cn2)cn1. The van der Waals surface area contributed by atoms with Gasteiger partial charge in [0.1, 0.15) is 11.4 Å². The van der Waals surface area contributed by atoms with Crippen molar-refractivity contribution in [3.05, 3.63) is 53.5 Å². The van der Waals surface area contributed by atoms with Crippen LogP contribution in [0.1, 0.15) is 56.8 Å². The van der Waals surface area contributed by atoms with Crippen molar-refractivity contribution < 1.29 is 39.9 Å². The number of hydrogen-bond acceptors (Lipinski definition) is 16. The summed E-state index contributed by atoms with van der Waals surface area (Å²) in [6.07, 6.45) is 9.49. The Morgan fingerprint density at radius 2 is 1.93 bits per heavy atom. The smallest absolute Gasteiger partial charge is 0.416 e. The molecule has 0 atom stereocenters. The van der Waals surface area contributed by atoms with Gasteiger partial charge in [0.25, 0.3) is 0 Å². The standard InChI is InChI=1S/C27H33ClN10O8/c1-14(2)37-12-15(7-33-37)20-10-31-21(11-30-20)38(25(39)45-13-26(40,41)42)17-5-3-16(4-6-17)35-24-32-8-18-23(36-24)22(29)19(28)9-34-46-27(18,43)44/h7-12,14,16-17,29,34,40-44H,3-6,13H2,1-2H3,(H,32,35,36)/b19-9+,29-22?/t16-,17-. The number of carbonyl (C=O) groups is 1. The molecule has 1 aliphatic carbocycles. The molecule has 0 bridgehead atoms. The lowest BCUT2D eigenvalue weighted by molar-refractivity contribution is -0.369. The Morgan fingerprint density at radius 1 is 1.20 bits per heavy atom. The summed E-state index contributed by atoms with van der Waals surface area (Å²) in [4.78, 5) is 36.5. The van der Waals surface area contributed by atoms with E-state index in [9.17, 15) is 30.3 Å². The number of hydrogen-bond donors (Lipinski definition) is 8. The van der Waals surface area contributed by atoms with Crippen LogP contribution in [0.25, 0.3) is 11.3 Å². The number of halogens is 1. The molecule has 1 fully saturated rings. The molecule has 19 heteroatoms. The summed E-state index contributed by atoms with van der Waals surface area (Å²) in [6.45, 7) is 2.89. The molecule has 0 spiro atoms. The molecule has 0 radical (unpaired) electrons. The van der Waals surface area contributed by atoms with Crippen molar-refractivity contribution in [1.29, 1.82) is 5.41 Å². The third-order valence-corrected chi connectivity index (χ3v) is 7.59. The Hall–Kier alpha value is -4.30. The Morgan fingerprint density at radius 3 is 2.57 bits per heavy atom. The maximum Gasteiger partial charge on any atom is 0.416 e. The van der Waals surface area contributed by atoms with E-state index in [-0.39, 0.29) is 45.9 Å². The topological polar surface area (TPSA) is 257 Å². The van der Waals surface area contributed by atoms with Crippen LogP contribution in [0.3, 0.4) is 0 Å². The van der Waals surface area contributed by atoms with E-state index in [0.29, 0.717) is 31.4 Å². The number of ether oxygens (including phenoxy) is 1. The van der Waals surface area contributed by atoms with Gasteiger partial charge in [-0.2, -0.15) is 5.10 Å². The predicted octanol–water partition coefficient (Wildman–Crippen LogP) is 0.786. The second-order valence-electron chi connectivity index (χ2n) is 11.1. The number of amides is 1. The molecule has 8 N–H and O–H groups in total. The zero-order valence-electron chi connectivity index (χ0n) is 24.7. The molecular formula is C27H33ClN10O8. The average Bonchev–Trinajstić information content (AvgIpc) is 3.51. The third kappa shape index (κ3) is 7.56. The molecule has 246 valence electrons. The lowest BCUT2D eigenvalue weighted by Gasteiger charge is -2.36. The fraction of sp³-hybridized carbons (Fsp3) is 0.444. The van der Waals surface area contributed by atoms with Crippen molar-refractivity contribution in [2.45, 2.75) is 69.6 Å². The summed E-state index contributed by atoms with van der Waals surface area (Å²) < 4.78 is 6.76. The lowest BCUT2D eigenvalue weighted by Crippen LogP contribution is -2.46. The van der Waals surface area contributed by atoms with Crippen LogP contribution in [-0.4, -0.2) is 91.7 Å². The molecule has 3 aromatic rings. The van der Waals surface area contributed by atoms with E-state index < -0.39 is 30.7 Å². The zero-order valence-corrected chi connectivity index (χ0v) is 25.5. The van der Waals surface area contributed by atoms with Crippen LogP contribution < -0.4 is 15.7 Å². The Kier molecular flexibility index (Phi) is 9.49. The second kappa shape index (κ2) is 13.2. The van der Waals surface area contributed by atoms with Crippen LogP contribution in [-0.2, 0) is 15.5 Å². The Labute approximate surface area is 266 Å². The molecule has 1 aliphatic heterocycles. The largest absolute Gasteiger partial charge is 0.440 e. The first kappa shape index (κ1) is 33.1. The first-order valence-corrected chi connectivity index (χ1v) is 14.6. The highest BCUT2D eigenvalue weighted by Crippen LogP contribution is 2.31. The summed E-state index contributed by atoms with van der Waals surface area (Å²) in [7, 11) is 0. The highest BCUT2D eigenvalue weighted by Gasteiger charge is 2.37. The summed E-state index contributed by atoms with van der Waals surface area (Å²) in [6, 6.07) is -0.474. The molecule has 5 rings (SSSR count). The van der Waals surface area contributed by atoms with Gasteiger partial charge in [0, 0.05) is 42.3 Å². The molecule has 0 aromatic carbocycles. The molecule has 2 aliphatic rings. The fourth-order valence-corrected chi connectivity index (χ4v) is 5.08. The van der Waals surface area contributed by atoms with E-state index in [1.54, 1.807) is 10.9 Å². The number of nitrogens with one attached hydrogen (secondary N) is 3. The number of aromatic nitrogens is 6. The van der Waals surface area contributed by atoms with E-state index in [4.69, 9.17) is 26.6 Å². The first-order valence-electron chi connectivity index (χ1n) is 14.2. The van der Waals surface area contributed by atoms with Crippen molar-refractivity contribution in [3.63, 3.8) is 0 Å². The molecule has 0 saturated heterocycles. The van der Waals surface area contributed by atoms with E-state index >= 15 is 0 Å². The molecule has 1 saturated carbocycles. The van der Waals surface area contributed by atoms with Crippen molar-refractivity contribution in [2.24, 2.45) is 0 Å². The maximum atomic E-state index is 13.2. The zero-order chi connectivity index (χ0) is 33.2. The van der Waals surface area contributed by atoms with Crippen LogP contribution in [0.5, 0.6) is 0 Å². The molecular weight excluding hydrogens is 628 g/mol. The number of rotatable bonds is 8. The number of hydroxylamine groups is 1. The lowest BCUT2D eigenvalue weighted by atomic mass is 9.90. The fourth-order valence-electron chi connectivity index (χ4n) is 4.95. The first-order chi connectivity index (χ1) is 21.7. The van der Waals surface area contributed by atoms with E-state index in [2.05, 4.69) is 35.8 Å². The summed E-state index contributed by atoms with van der Waals surface area (Å²) in [5.74, 6) is -5.79. The van der Waals surface area contributed by atoms with Crippen LogP contribution in [0.2, 0.25) is 0 Å². The highest BCUT2D eigenvalue weighted by atomic mass is 35.5. The summed E-state index contributed by atoms with van der Waals surface area (Å²) >= 11 is 6.08. The summed E-state index contributed by atoms with van der Waals surface area (Å²) in [5.41, 5.74) is 2.67. The minimum absolute atomic E-state index is 0.0866. The van der Waals surface area contributed by atoms with Gasteiger partial charge < -0.3 is 35.6 Å². The van der Waals surface area contributed by atoms with Crippen LogP contribution in [0.15, 0.2) is 42.2 Å². The number of fused-ring (bicyclic) bond motifs is 1. The highest BCUT2D eigenvalue weighted by molar-refractivity contribution is 6.45. The number of aliphatic hydroxyl groups is 5. The van der Waals surface area contributed by atoms with Crippen LogP contribution in [0, 0.1) is 5.41 Å². The van der Waals surface area contributed by atoms with Crippen molar-refractivity contribution in [2.75, 3.05) is 16.8 Å². The van der Waals surface area contributed by atoms with Crippen LogP contribution >= 0.6 is 11.6 Å². The normalized spacial score (nSPS) is 20.9. The van der Waals surface area contributed by atoms with Crippen LogP contribution in [0.4, 0.5) is 16.6 Å². The van der Waals surface area contributed by atoms with Gasteiger partial charge in [0.2, 0.25) is 5.95 Å². The molecule has 3 aromatic heterocycles. The van der Waals surface area contributed by atoms with Crippen molar-refractivity contribution in [3.8, 4) is 11.3 Å². The van der Waals surface area contributed by atoms with Gasteiger partial charge in [-0.05, 0) is 39.5 Å². The quantitative estimate of drug-likeness (QED) is 0.155. The van der Waals surface area contributed by atoms with Crippen molar-refractivity contribution in [1.82, 2.24) is 35.2 Å². The van der Waals surface area contributed by atoms with Gasteiger partial charge in [-0.1, -0.05) is 11.6 Å². The Bertz CT molecular complexity index is 1600. The number of nitrogens with zero attached hydrogens (tertiary/aromatic N) is 7. The molecule has 1 amide bonds. The minimum Gasteiger partial charge on any atom is -0.440 e. The van der Waals surface area contributed by atoms with E-state index in [0.717, 1.165) is 18.0 Å². The molecule has 46 heavy (non-hydrogen) atoms. The summed E-state index contributed by atoms with van der Waals surface area (Å²) in [5, 5.41) is 64.0. The van der Waals surface area contributed by atoms with Gasteiger partial charge in [-0.25, -0.2) is 24.6 Å². The monoisotopic (exact) mass is 660 g/mol. The average molecular weight is 661 g/mol. The van der Waals surface area contributed by atoms with E-state index in [1.165, 1.54) is 17.3 Å². The second-order valence-corrected chi connectivity index (χ2v) is 11.5. The minimum atomic E-state index is -3.22. The van der Waals surface area contributed by atoms with E-state index in [1.807, 2.05) is 20.0 Å². The number of carbonyl (C=O) groups excluding carboxylic acids is 1. The van der Waals surface area contributed by atoms with Gasteiger partial charge in [-0.3, -0.25) is 25.5 Å². The van der Waals surface area contributed by atoms with Gasteiger partial charge >= 0.3 is 18.0 Å². The molecule has 18 nitrogen and oxygen atoms in total. The van der Waals surface area contributed by atoms with Gasteiger partial charge in [0.05, 0.1) is 34.9 Å². The maximum absolute atomic E-state index is 13.2. The number of allylic oxidation sites excluding steroid dienone is 1. The van der Waals surface area contributed by atoms with Gasteiger partial charge in [0.15, 0.2) is 12.4 Å². The molecule has 4 heterocycles. The molecule has 0 unspecified atom stereocenters. The Balaban J connectivity index is 1.31. The predicted molar refractivity (Wildman–Crippen MR) is 160 cm³/mol. The third-order valence-electron chi connectivity index (χ3n) is 7.29. The van der Waals surface area contributed by atoms with Gasteiger partial charge in [-0.15, -0.1) is 0 Å².